The van der Waals surface area contributed by atoms with Crippen molar-refractivity contribution in [1.82, 2.24) is 10.3 Å². The summed E-state index contributed by atoms with van der Waals surface area (Å²) in [5, 5.41) is 3.92. The van der Waals surface area contributed by atoms with Crippen LogP contribution in [0, 0.1) is 0 Å². The van der Waals surface area contributed by atoms with Crippen LogP contribution in [0.15, 0.2) is 6.20 Å². The van der Waals surface area contributed by atoms with Gasteiger partial charge in [0, 0.05) is 36.5 Å². The SMILES string of the molecule is CCc1cnc(CCNC(=O)CC(C)N)s1. The number of nitrogens with zero attached hydrogens (tertiary/aromatic N) is 1. The molecule has 1 heterocycles. The third-order valence-electron chi connectivity index (χ3n) is 2.12. The predicted molar refractivity (Wildman–Crippen MR) is 66.5 cm³/mol. The van der Waals surface area contributed by atoms with Crippen LogP contribution < -0.4 is 11.1 Å². The van der Waals surface area contributed by atoms with E-state index >= 15 is 0 Å². The molecule has 0 radical (unpaired) electrons. The Balaban J connectivity index is 2.22. The maximum absolute atomic E-state index is 11.3. The van der Waals surface area contributed by atoms with E-state index in [1.165, 1.54) is 4.88 Å². The molecule has 0 saturated carbocycles. The minimum Gasteiger partial charge on any atom is -0.356 e. The number of carbonyl (C=O) groups is 1. The molecule has 5 heteroatoms. The van der Waals surface area contributed by atoms with Gasteiger partial charge in [-0.25, -0.2) is 4.98 Å². The van der Waals surface area contributed by atoms with Gasteiger partial charge in [-0.2, -0.15) is 0 Å². The van der Waals surface area contributed by atoms with Crippen molar-refractivity contribution < 1.29 is 4.79 Å². The van der Waals surface area contributed by atoms with Crippen LogP contribution in [-0.4, -0.2) is 23.5 Å². The molecule has 0 saturated heterocycles. The quantitative estimate of drug-likeness (QED) is 0.783. The van der Waals surface area contributed by atoms with E-state index in [1.54, 1.807) is 11.3 Å². The molecule has 1 amide bonds. The summed E-state index contributed by atoms with van der Waals surface area (Å²) in [5.74, 6) is 0.0160. The number of carbonyl (C=O) groups excluding carboxylic acids is 1. The highest BCUT2D eigenvalue weighted by Gasteiger charge is 2.05. The number of thiazole rings is 1. The molecule has 0 aliphatic rings. The van der Waals surface area contributed by atoms with E-state index in [0.29, 0.717) is 13.0 Å². The Morgan fingerprint density at radius 3 is 3.00 bits per heavy atom. The van der Waals surface area contributed by atoms with Gasteiger partial charge >= 0.3 is 0 Å². The number of rotatable bonds is 6. The maximum Gasteiger partial charge on any atom is 0.221 e. The average molecular weight is 241 g/mol. The van der Waals surface area contributed by atoms with Crippen molar-refractivity contribution in [1.29, 1.82) is 0 Å². The first-order valence-corrected chi connectivity index (χ1v) is 6.39. The lowest BCUT2D eigenvalue weighted by atomic mass is 10.2. The van der Waals surface area contributed by atoms with Crippen LogP contribution in [0.3, 0.4) is 0 Å². The van der Waals surface area contributed by atoms with Crippen LogP contribution in [0.5, 0.6) is 0 Å². The largest absolute Gasteiger partial charge is 0.356 e. The Kier molecular flexibility index (Phi) is 5.42. The molecular weight excluding hydrogens is 222 g/mol. The zero-order chi connectivity index (χ0) is 12.0. The number of hydrogen-bond acceptors (Lipinski definition) is 4. The van der Waals surface area contributed by atoms with Crippen molar-refractivity contribution in [2.75, 3.05) is 6.54 Å². The summed E-state index contributed by atoms with van der Waals surface area (Å²) >= 11 is 1.71. The van der Waals surface area contributed by atoms with Gasteiger partial charge in [0.25, 0.3) is 0 Å². The first kappa shape index (κ1) is 13.1. The fraction of sp³-hybridized carbons (Fsp3) is 0.636. The van der Waals surface area contributed by atoms with Gasteiger partial charge in [-0.1, -0.05) is 6.92 Å². The minimum atomic E-state index is -0.0773. The maximum atomic E-state index is 11.3. The first-order valence-electron chi connectivity index (χ1n) is 5.57. The van der Waals surface area contributed by atoms with Crippen molar-refractivity contribution in [2.24, 2.45) is 5.73 Å². The van der Waals surface area contributed by atoms with Crippen LogP contribution in [0.4, 0.5) is 0 Å². The fourth-order valence-electron chi connectivity index (χ4n) is 1.30. The molecule has 0 spiro atoms. The Morgan fingerprint density at radius 1 is 1.69 bits per heavy atom. The molecule has 1 aromatic rings. The molecule has 0 aliphatic carbocycles. The summed E-state index contributed by atoms with van der Waals surface area (Å²) in [4.78, 5) is 16.9. The molecule has 0 fully saturated rings. The number of aromatic nitrogens is 1. The molecule has 16 heavy (non-hydrogen) atoms. The van der Waals surface area contributed by atoms with Crippen LogP contribution in [-0.2, 0) is 17.6 Å². The van der Waals surface area contributed by atoms with Crippen molar-refractivity contribution in [3.05, 3.63) is 16.1 Å². The van der Waals surface area contributed by atoms with Crippen molar-refractivity contribution in [2.45, 2.75) is 39.2 Å². The summed E-state index contributed by atoms with van der Waals surface area (Å²) in [6, 6.07) is -0.0773. The van der Waals surface area contributed by atoms with Crippen LogP contribution in [0.25, 0.3) is 0 Å². The molecule has 90 valence electrons. The Morgan fingerprint density at radius 2 is 2.44 bits per heavy atom. The van der Waals surface area contributed by atoms with E-state index in [4.69, 9.17) is 5.73 Å². The van der Waals surface area contributed by atoms with Crippen LogP contribution in [0.1, 0.15) is 30.2 Å². The van der Waals surface area contributed by atoms with Crippen molar-refractivity contribution in [3.8, 4) is 0 Å². The molecule has 1 atom stereocenters. The highest BCUT2D eigenvalue weighted by Crippen LogP contribution is 2.13. The number of aryl methyl sites for hydroxylation is 1. The number of hydrogen-bond donors (Lipinski definition) is 2. The number of nitrogens with two attached hydrogens (primary N) is 1. The second-order valence-corrected chi connectivity index (χ2v) is 5.05. The Bertz CT molecular complexity index is 336. The first-order chi connectivity index (χ1) is 7.61. The van der Waals surface area contributed by atoms with Gasteiger partial charge in [0.15, 0.2) is 0 Å². The highest BCUT2D eigenvalue weighted by atomic mass is 32.1. The zero-order valence-electron chi connectivity index (χ0n) is 9.82. The lowest BCUT2D eigenvalue weighted by molar-refractivity contribution is -0.121. The Labute approximate surface area is 100 Å². The van der Waals surface area contributed by atoms with E-state index < -0.39 is 0 Å². The van der Waals surface area contributed by atoms with Gasteiger partial charge in [-0.05, 0) is 13.3 Å². The van der Waals surface area contributed by atoms with E-state index in [0.717, 1.165) is 17.8 Å². The van der Waals surface area contributed by atoms with Crippen molar-refractivity contribution in [3.63, 3.8) is 0 Å². The average Bonchev–Trinajstić information content (AvgIpc) is 2.64. The van der Waals surface area contributed by atoms with E-state index in [2.05, 4.69) is 17.2 Å². The fourth-order valence-corrected chi connectivity index (χ4v) is 2.16. The molecule has 0 aliphatic heterocycles. The van der Waals surface area contributed by atoms with Gasteiger partial charge in [0.05, 0.1) is 5.01 Å². The Hall–Kier alpha value is -0.940. The summed E-state index contributed by atoms with van der Waals surface area (Å²) < 4.78 is 0. The van der Waals surface area contributed by atoms with Gasteiger partial charge < -0.3 is 11.1 Å². The van der Waals surface area contributed by atoms with Crippen LogP contribution >= 0.6 is 11.3 Å². The molecule has 1 aromatic heterocycles. The topological polar surface area (TPSA) is 68.0 Å². The molecule has 1 unspecified atom stereocenters. The van der Waals surface area contributed by atoms with E-state index in [1.807, 2.05) is 13.1 Å². The molecule has 0 aromatic carbocycles. The van der Waals surface area contributed by atoms with Crippen LogP contribution in [0.2, 0.25) is 0 Å². The lowest BCUT2D eigenvalue weighted by Crippen LogP contribution is -2.31. The summed E-state index contributed by atoms with van der Waals surface area (Å²) in [6.07, 6.45) is 4.12. The molecule has 0 bridgehead atoms. The second-order valence-electron chi connectivity index (χ2n) is 3.86. The monoisotopic (exact) mass is 241 g/mol. The predicted octanol–water partition coefficient (Wildman–Crippen LogP) is 1.10. The molecular formula is C11H19N3OS. The summed E-state index contributed by atoms with van der Waals surface area (Å²) in [5.41, 5.74) is 5.53. The standard InChI is InChI=1S/C11H19N3OS/c1-3-9-7-14-11(16-9)4-5-13-10(15)6-8(2)12/h7-8H,3-6,12H2,1-2H3,(H,13,15). The third-order valence-corrected chi connectivity index (χ3v) is 3.32. The number of amides is 1. The summed E-state index contributed by atoms with van der Waals surface area (Å²) in [7, 11) is 0. The highest BCUT2D eigenvalue weighted by molar-refractivity contribution is 7.11. The van der Waals surface area contributed by atoms with Crippen molar-refractivity contribution >= 4 is 17.2 Å². The molecule has 3 N–H and O–H groups in total. The molecule has 4 nitrogen and oxygen atoms in total. The smallest absolute Gasteiger partial charge is 0.221 e. The van der Waals surface area contributed by atoms with E-state index in [-0.39, 0.29) is 11.9 Å². The molecule has 1 rings (SSSR count). The normalized spacial score (nSPS) is 12.4. The zero-order valence-corrected chi connectivity index (χ0v) is 10.6. The minimum absolute atomic E-state index is 0.0160. The third kappa shape index (κ3) is 4.72. The van der Waals surface area contributed by atoms with Gasteiger partial charge in [0.2, 0.25) is 5.91 Å². The van der Waals surface area contributed by atoms with Gasteiger partial charge in [-0.3, -0.25) is 4.79 Å². The summed E-state index contributed by atoms with van der Waals surface area (Å²) in [6.45, 7) is 4.58. The van der Waals surface area contributed by atoms with Gasteiger partial charge in [0.1, 0.15) is 0 Å². The lowest BCUT2D eigenvalue weighted by Gasteiger charge is -2.05. The van der Waals surface area contributed by atoms with Gasteiger partial charge in [-0.15, -0.1) is 11.3 Å². The second kappa shape index (κ2) is 6.60. The number of nitrogens with one attached hydrogen (secondary N) is 1. The van der Waals surface area contributed by atoms with E-state index in [9.17, 15) is 4.79 Å².